The van der Waals surface area contributed by atoms with Gasteiger partial charge in [-0.15, -0.1) is 0 Å². The van der Waals surface area contributed by atoms with Crippen LogP contribution in [0.2, 0.25) is 0 Å². The summed E-state index contributed by atoms with van der Waals surface area (Å²) in [7, 11) is -2.46. The van der Waals surface area contributed by atoms with E-state index in [0.29, 0.717) is 5.75 Å². The number of aliphatic hydroxyl groups excluding tert-OH is 1. The highest BCUT2D eigenvalue weighted by Gasteiger charge is 2.38. The van der Waals surface area contributed by atoms with Gasteiger partial charge in [0, 0.05) is 19.0 Å². The van der Waals surface area contributed by atoms with Gasteiger partial charge in [0.1, 0.15) is 5.75 Å². The molecule has 38 heavy (non-hydrogen) atoms. The second-order valence-corrected chi connectivity index (χ2v) is 12.5. The van der Waals surface area contributed by atoms with Gasteiger partial charge in [-0.05, 0) is 42.2 Å². The van der Waals surface area contributed by atoms with E-state index in [2.05, 4.69) is 5.32 Å². The lowest BCUT2D eigenvalue weighted by molar-refractivity contribution is -0.138. The molecular weight excluding hydrogens is 506 g/mol. The maximum Gasteiger partial charge on any atom is 0.243 e. The fourth-order valence-corrected chi connectivity index (χ4v) is 5.53. The Morgan fingerprint density at radius 1 is 1.03 bits per heavy atom. The molecule has 0 aliphatic carbocycles. The molecule has 210 valence electrons. The number of sulfonamides is 1. The molecule has 2 aromatic rings. The van der Waals surface area contributed by atoms with Gasteiger partial charge in [-0.1, -0.05) is 65.0 Å². The summed E-state index contributed by atoms with van der Waals surface area (Å²) in [4.78, 5) is 25.2. The summed E-state index contributed by atoms with van der Waals surface area (Å²) in [5.41, 5.74) is 5.24. The summed E-state index contributed by atoms with van der Waals surface area (Å²) in [5, 5.41) is 14.2. The van der Waals surface area contributed by atoms with Crippen LogP contribution in [0.4, 0.5) is 0 Å². The van der Waals surface area contributed by atoms with Gasteiger partial charge < -0.3 is 20.9 Å². The number of benzene rings is 2. The molecule has 4 N–H and O–H groups in total. The molecule has 0 unspecified atom stereocenters. The summed E-state index contributed by atoms with van der Waals surface area (Å²) in [6, 6.07) is 14.5. The van der Waals surface area contributed by atoms with Crippen LogP contribution in [-0.4, -0.2) is 62.0 Å². The zero-order chi connectivity index (χ0) is 28.7. The molecule has 0 radical (unpaired) electrons. The maximum atomic E-state index is 13.6. The van der Waals surface area contributed by atoms with E-state index in [1.54, 1.807) is 32.9 Å². The highest BCUT2D eigenvalue weighted by atomic mass is 32.2. The molecule has 10 heteroatoms. The number of hydrogen-bond acceptors (Lipinski definition) is 6. The molecule has 0 spiro atoms. The number of carbonyl (C=O) groups is 2. The molecule has 3 atom stereocenters. The van der Waals surface area contributed by atoms with Crippen LogP contribution in [-0.2, 0) is 26.0 Å². The van der Waals surface area contributed by atoms with Crippen LogP contribution in [0.3, 0.4) is 0 Å². The number of carbonyl (C=O) groups excluding carboxylic acids is 2. The topological polar surface area (TPSA) is 139 Å². The van der Waals surface area contributed by atoms with Gasteiger partial charge in [-0.2, -0.15) is 4.31 Å². The van der Waals surface area contributed by atoms with Gasteiger partial charge >= 0.3 is 0 Å². The Bertz CT molecular complexity index is 1170. The van der Waals surface area contributed by atoms with Crippen LogP contribution in [0.15, 0.2) is 59.5 Å². The SMILES string of the molecule is COc1ccc(S(=O)(=O)N(CC(C)C)C[C@@H](O)[C@H](Cc2ccccc2)NC(=O)[C@H](C)C(C)(C)C(N)=O)cc1. The zero-order valence-corrected chi connectivity index (χ0v) is 23.9. The standard InChI is InChI=1S/C28H41N3O6S/c1-19(2)17-31(38(35,36)23-14-12-22(37-6)13-15-23)18-25(32)24(16-21-10-8-7-9-11-21)30-26(33)20(3)28(4,5)27(29)34/h7-15,19-20,24-25,32H,16-18H2,1-6H3,(H2,29,34)(H,30,33)/t20-,24-,25+/m0/s1. The molecule has 0 heterocycles. The molecule has 2 rings (SSSR count). The molecule has 9 nitrogen and oxygen atoms in total. The van der Waals surface area contributed by atoms with Crippen molar-refractivity contribution in [3.8, 4) is 5.75 Å². The lowest BCUT2D eigenvalue weighted by Crippen LogP contribution is -2.54. The van der Waals surface area contributed by atoms with E-state index in [-0.39, 0.29) is 30.3 Å². The van der Waals surface area contributed by atoms with Crippen molar-refractivity contribution < 1.29 is 27.9 Å². The number of primary amides is 1. The van der Waals surface area contributed by atoms with Crippen molar-refractivity contribution in [2.24, 2.45) is 23.0 Å². The lowest BCUT2D eigenvalue weighted by atomic mass is 9.78. The van der Waals surface area contributed by atoms with Gasteiger partial charge in [0.05, 0.1) is 29.6 Å². The first-order valence-corrected chi connectivity index (χ1v) is 14.1. The number of aliphatic hydroxyl groups is 1. The highest BCUT2D eigenvalue weighted by Crippen LogP contribution is 2.27. The first kappa shape index (κ1) is 31.3. The molecule has 0 saturated heterocycles. The molecule has 0 bridgehead atoms. The molecule has 0 aliphatic heterocycles. The first-order chi connectivity index (χ1) is 17.7. The Labute approximate surface area is 226 Å². The van der Waals surface area contributed by atoms with Crippen molar-refractivity contribution in [3.05, 3.63) is 60.2 Å². The third kappa shape index (κ3) is 8.02. The van der Waals surface area contributed by atoms with E-state index in [0.717, 1.165) is 5.56 Å². The van der Waals surface area contributed by atoms with Crippen molar-refractivity contribution in [3.63, 3.8) is 0 Å². The molecule has 0 fully saturated rings. The second kappa shape index (κ2) is 13.2. The number of rotatable bonds is 14. The van der Waals surface area contributed by atoms with Gasteiger partial charge in [0.15, 0.2) is 0 Å². The maximum absolute atomic E-state index is 13.6. The molecular formula is C28H41N3O6S. The van der Waals surface area contributed by atoms with Crippen LogP contribution in [0.25, 0.3) is 0 Å². The van der Waals surface area contributed by atoms with Crippen molar-refractivity contribution >= 4 is 21.8 Å². The van der Waals surface area contributed by atoms with Crippen LogP contribution in [0.5, 0.6) is 5.75 Å². The average Bonchev–Trinajstić information content (AvgIpc) is 2.87. The second-order valence-electron chi connectivity index (χ2n) is 10.6. The predicted molar refractivity (Wildman–Crippen MR) is 147 cm³/mol. The van der Waals surface area contributed by atoms with Crippen LogP contribution in [0, 0.1) is 17.3 Å². The zero-order valence-electron chi connectivity index (χ0n) is 23.0. The Balaban J connectivity index is 2.37. The van der Waals surface area contributed by atoms with Crippen LogP contribution < -0.4 is 15.8 Å². The minimum atomic E-state index is -3.96. The number of nitrogens with two attached hydrogens (primary N) is 1. The summed E-state index contributed by atoms with van der Waals surface area (Å²) >= 11 is 0. The van der Waals surface area contributed by atoms with E-state index in [9.17, 15) is 23.1 Å². The van der Waals surface area contributed by atoms with Gasteiger partial charge in [-0.25, -0.2) is 8.42 Å². The lowest BCUT2D eigenvalue weighted by Gasteiger charge is -2.33. The summed E-state index contributed by atoms with van der Waals surface area (Å²) < 4.78 is 33.5. The molecule has 2 amide bonds. The van der Waals surface area contributed by atoms with Crippen molar-refractivity contribution in [1.82, 2.24) is 9.62 Å². The predicted octanol–water partition coefficient (Wildman–Crippen LogP) is 2.58. The van der Waals surface area contributed by atoms with Crippen molar-refractivity contribution in [2.75, 3.05) is 20.2 Å². The number of nitrogens with zero attached hydrogens (tertiary/aromatic N) is 1. The van der Waals surface area contributed by atoms with Gasteiger partial charge in [0.2, 0.25) is 21.8 Å². The van der Waals surface area contributed by atoms with E-state index < -0.39 is 45.3 Å². The number of amides is 2. The van der Waals surface area contributed by atoms with Crippen LogP contribution >= 0.6 is 0 Å². The van der Waals surface area contributed by atoms with E-state index in [1.807, 2.05) is 44.2 Å². The quantitative estimate of drug-likeness (QED) is 0.332. The molecule has 0 aromatic heterocycles. The van der Waals surface area contributed by atoms with Gasteiger partial charge in [0.25, 0.3) is 0 Å². The largest absolute Gasteiger partial charge is 0.497 e. The molecule has 0 saturated carbocycles. The van der Waals surface area contributed by atoms with Crippen molar-refractivity contribution in [1.29, 1.82) is 0 Å². The smallest absolute Gasteiger partial charge is 0.243 e. The van der Waals surface area contributed by atoms with Crippen LogP contribution in [0.1, 0.15) is 40.2 Å². The monoisotopic (exact) mass is 547 g/mol. The Morgan fingerprint density at radius 3 is 2.11 bits per heavy atom. The van der Waals surface area contributed by atoms with E-state index in [1.165, 1.54) is 23.5 Å². The normalized spacial score (nSPS) is 14.7. The third-order valence-corrected chi connectivity index (χ3v) is 8.70. The minimum absolute atomic E-state index is 0.0197. The summed E-state index contributed by atoms with van der Waals surface area (Å²) in [5.74, 6) is -1.34. The van der Waals surface area contributed by atoms with Gasteiger partial charge in [-0.3, -0.25) is 9.59 Å². The Hall–Kier alpha value is -2.95. The average molecular weight is 548 g/mol. The Kier molecular flexibility index (Phi) is 10.9. The minimum Gasteiger partial charge on any atom is -0.497 e. The third-order valence-electron chi connectivity index (χ3n) is 6.86. The fraction of sp³-hybridized carbons (Fsp3) is 0.500. The summed E-state index contributed by atoms with van der Waals surface area (Å²) in [6.07, 6.45) is -0.981. The van der Waals surface area contributed by atoms with E-state index in [4.69, 9.17) is 10.5 Å². The fourth-order valence-electron chi connectivity index (χ4n) is 3.91. The highest BCUT2D eigenvalue weighted by molar-refractivity contribution is 7.89. The molecule has 0 aliphatic rings. The number of hydrogen-bond donors (Lipinski definition) is 3. The van der Waals surface area contributed by atoms with Crippen molar-refractivity contribution in [2.45, 2.75) is 58.1 Å². The van der Waals surface area contributed by atoms with E-state index >= 15 is 0 Å². The summed E-state index contributed by atoms with van der Waals surface area (Å²) in [6.45, 7) is 8.49. The first-order valence-electron chi connectivity index (χ1n) is 12.7. The Morgan fingerprint density at radius 2 is 1.61 bits per heavy atom. The molecule has 2 aromatic carbocycles. The number of methoxy groups -OCH3 is 1. The number of nitrogens with one attached hydrogen (secondary N) is 1. The number of ether oxygens (including phenoxy) is 1.